The summed E-state index contributed by atoms with van der Waals surface area (Å²) in [5, 5.41) is 2.92. The lowest BCUT2D eigenvalue weighted by Crippen LogP contribution is -2.48. The van der Waals surface area contributed by atoms with E-state index in [1.807, 2.05) is 6.07 Å². The van der Waals surface area contributed by atoms with Gasteiger partial charge in [-0.3, -0.25) is 24.3 Å². The highest BCUT2D eigenvalue weighted by Gasteiger charge is 2.31. The molecule has 4 rings (SSSR count). The fourth-order valence-electron chi connectivity index (χ4n) is 3.98. The molecule has 0 aromatic heterocycles. The summed E-state index contributed by atoms with van der Waals surface area (Å²) in [6, 6.07) is 16.4. The van der Waals surface area contributed by atoms with E-state index in [0.717, 1.165) is 39.3 Å². The second-order valence-corrected chi connectivity index (χ2v) is 9.80. The molecule has 1 amide bonds. The Labute approximate surface area is 189 Å². The van der Waals surface area contributed by atoms with E-state index in [1.165, 1.54) is 11.6 Å². The van der Waals surface area contributed by atoms with E-state index in [2.05, 4.69) is 49.1 Å². The number of fused-ring (bicyclic) bond motifs is 1. The van der Waals surface area contributed by atoms with Gasteiger partial charge in [-0.1, -0.05) is 42.5 Å². The first kappa shape index (κ1) is 22.4. The maximum atomic E-state index is 12.5. The van der Waals surface area contributed by atoms with Crippen molar-refractivity contribution in [2.24, 2.45) is 4.99 Å². The van der Waals surface area contributed by atoms with Crippen molar-refractivity contribution in [3.8, 4) is 0 Å². The Morgan fingerprint density at radius 2 is 1.69 bits per heavy atom. The van der Waals surface area contributed by atoms with E-state index in [-0.39, 0.29) is 16.6 Å². The van der Waals surface area contributed by atoms with Crippen molar-refractivity contribution in [1.29, 1.82) is 0 Å². The summed E-state index contributed by atoms with van der Waals surface area (Å²) in [7, 11) is -3.61. The zero-order chi connectivity index (χ0) is 22.6. The predicted octanol–water partition coefficient (Wildman–Crippen LogP) is 1.05. The van der Waals surface area contributed by atoms with Crippen molar-refractivity contribution in [2.45, 2.75) is 24.4 Å². The number of carbonyl (C=O) groups is 1. The molecule has 0 bridgehead atoms. The normalized spacial score (nSPS) is 20.5. The van der Waals surface area contributed by atoms with E-state index in [0.29, 0.717) is 12.1 Å². The highest BCUT2D eigenvalue weighted by molar-refractivity contribution is 7.90. The second kappa shape index (κ2) is 9.81. The molecule has 0 spiro atoms. The van der Waals surface area contributed by atoms with Gasteiger partial charge < -0.3 is 5.32 Å². The highest BCUT2D eigenvalue weighted by atomic mass is 32.2. The fourth-order valence-corrected chi connectivity index (χ4v) is 5.22. The van der Waals surface area contributed by atoms with Crippen LogP contribution >= 0.6 is 0 Å². The Balaban J connectivity index is 1.22. The van der Waals surface area contributed by atoms with Crippen molar-refractivity contribution >= 4 is 21.8 Å². The van der Waals surface area contributed by atoms with Crippen LogP contribution in [0.4, 0.5) is 0 Å². The molecule has 2 aliphatic rings. The minimum absolute atomic E-state index is 0.192. The Kier molecular flexibility index (Phi) is 6.88. The van der Waals surface area contributed by atoms with Gasteiger partial charge in [0.25, 0.3) is 10.0 Å². The van der Waals surface area contributed by atoms with Gasteiger partial charge in [0.1, 0.15) is 11.9 Å². The smallest absolute Gasteiger partial charge is 0.263 e. The number of sulfonamides is 1. The minimum Gasteiger partial charge on any atom is -0.353 e. The van der Waals surface area contributed by atoms with Crippen LogP contribution < -0.4 is 10.0 Å². The molecule has 2 heterocycles. The largest absolute Gasteiger partial charge is 0.353 e. The molecule has 8 nitrogen and oxygen atoms in total. The van der Waals surface area contributed by atoms with E-state index in [1.54, 1.807) is 25.1 Å². The summed E-state index contributed by atoms with van der Waals surface area (Å²) in [6.45, 7) is 7.91. The number of nitrogens with one attached hydrogen (secondary N) is 2. The number of carbonyl (C=O) groups excluding carboxylic acids is 1. The summed E-state index contributed by atoms with van der Waals surface area (Å²) in [6.07, 6.45) is 0. The number of amidine groups is 1. The third-order valence-corrected chi connectivity index (χ3v) is 7.20. The monoisotopic (exact) mass is 455 g/mol. The molecule has 2 aromatic rings. The molecular weight excluding hydrogens is 426 g/mol. The van der Waals surface area contributed by atoms with Crippen molar-refractivity contribution < 1.29 is 13.2 Å². The number of piperazine rings is 1. The lowest BCUT2D eigenvalue weighted by atomic mass is 10.2. The molecular formula is C23H29N5O3S. The quantitative estimate of drug-likeness (QED) is 0.651. The average molecular weight is 456 g/mol. The Bertz CT molecular complexity index is 1080. The zero-order valence-corrected chi connectivity index (χ0v) is 19.0. The van der Waals surface area contributed by atoms with Crippen LogP contribution in [0.1, 0.15) is 18.1 Å². The molecule has 2 N–H and O–H groups in total. The third kappa shape index (κ3) is 5.35. The second-order valence-electron chi connectivity index (χ2n) is 8.15. The van der Waals surface area contributed by atoms with Crippen LogP contribution in [-0.2, 0) is 21.4 Å². The van der Waals surface area contributed by atoms with E-state index < -0.39 is 16.1 Å². The van der Waals surface area contributed by atoms with Crippen LogP contribution in [0.3, 0.4) is 0 Å². The van der Waals surface area contributed by atoms with Gasteiger partial charge in [-0.25, -0.2) is 8.42 Å². The minimum atomic E-state index is -3.61. The maximum absolute atomic E-state index is 12.5. The SMILES string of the molecule is C[C@H](N=C1NS(=O)(=O)c2ccccc21)C(=O)NCCN1CCN(Cc2ccccc2)CC1. The molecule has 1 atom stereocenters. The van der Waals surface area contributed by atoms with Crippen LogP contribution in [0, 0.1) is 0 Å². The van der Waals surface area contributed by atoms with Crippen LogP contribution in [-0.4, -0.2) is 75.3 Å². The lowest BCUT2D eigenvalue weighted by Gasteiger charge is -2.34. The molecule has 170 valence electrons. The van der Waals surface area contributed by atoms with Gasteiger partial charge in [0, 0.05) is 51.4 Å². The Morgan fingerprint density at radius 3 is 2.44 bits per heavy atom. The van der Waals surface area contributed by atoms with Crippen molar-refractivity contribution in [1.82, 2.24) is 19.8 Å². The molecule has 1 fully saturated rings. The Hall–Kier alpha value is -2.75. The molecule has 2 aromatic carbocycles. The molecule has 32 heavy (non-hydrogen) atoms. The molecule has 9 heteroatoms. The number of rotatable bonds is 7. The van der Waals surface area contributed by atoms with Gasteiger partial charge in [-0.15, -0.1) is 0 Å². The Morgan fingerprint density at radius 1 is 1.03 bits per heavy atom. The van der Waals surface area contributed by atoms with Crippen LogP contribution in [0.15, 0.2) is 64.5 Å². The predicted molar refractivity (Wildman–Crippen MR) is 124 cm³/mol. The number of aliphatic imine (C=N–C) groups is 1. The van der Waals surface area contributed by atoms with E-state index in [4.69, 9.17) is 0 Å². The zero-order valence-electron chi connectivity index (χ0n) is 18.2. The molecule has 1 saturated heterocycles. The lowest BCUT2D eigenvalue weighted by molar-refractivity contribution is -0.121. The molecule has 2 aliphatic heterocycles. The summed E-state index contributed by atoms with van der Waals surface area (Å²) >= 11 is 0. The molecule has 0 saturated carbocycles. The van der Waals surface area contributed by atoms with Gasteiger partial charge in [-0.05, 0) is 24.6 Å². The molecule has 0 unspecified atom stereocenters. The van der Waals surface area contributed by atoms with Crippen molar-refractivity contribution in [3.05, 3.63) is 65.7 Å². The van der Waals surface area contributed by atoms with Gasteiger partial charge >= 0.3 is 0 Å². The number of benzene rings is 2. The topological polar surface area (TPSA) is 94.1 Å². The summed E-state index contributed by atoms with van der Waals surface area (Å²) in [5.41, 5.74) is 1.83. The summed E-state index contributed by atoms with van der Waals surface area (Å²) in [4.78, 5) is 21.8. The summed E-state index contributed by atoms with van der Waals surface area (Å²) < 4.78 is 26.8. The van der Waals surface area contributed by atoms with Crippen molar-refractivity contribution in [2.75, 3.05) is 39.3 Å². The number of nitrogens with zero attached hydrogens (tertiary/aromatic N) is 3. The van der Waals surface area contributed by atoms with Gasteiger partial charge in [0.05, 0.1) is 4.90 Å². The van der Waals surface area contributed by atoms with Crippen LogP contribution in [0.25, 0.3) is 0 Å². The average Bonchev–Trinajstić information content (AvgIpc) is 3.05. The highest BCUT2D eigenvalue weighted by Crippen LogP contribution is 2.22. The standard InChI is InChI=1S/C23H29N5O3S/c1-18(25-22-20-9-5-6-10-21(20)32(30,31)26-22)23(29)24-11-12-27-13-15-28(16-14-27)17-19-7-3-2-4-8-19/h2-10,18H,11-17H2,1H3,(H,24,29)(H,25,26)/t18-/m0/s1. The van der Waals surface area contributed by atoms with E-state index >= 15 is 0 Å². The first-order valence-electron chi connectivity index (χ1n) is 10.9. The van der Waals surface area contributed by atoms with Crippen molar-refractivity contribution in [3.63, 3.8) is 0 Å². The number of amides is 1. The summed E-state index contributed by atoms with van der Waals surface area (Å²) in [5.74, 6) is 0.00146. The van der Waals surface area contributed by atoms with Crippen LogP contribution in [0.5, 0.6) is 0 Å². The number of hydrogen-bond acceptors (Lipinski definition) is 6. The first-order valence-corrected chi connectivity index (χ1v) is 12.4. The van der Waals surface area contributed by atoms with Gasteiger partial charge in [-0.2, -0.15) is 0 Å². The molecule has 0 radical (unpaired) electrons. The van der Waals surface area contributed by atoms with Crippen LogP contribution in [0.2, 0.25) is 0 Å². The maximum Gasteiger partial charge on any atom is 0.263 e. The molecule has 0 aliphatic carbocycles. The van der Waals surface area contributed by atoms with Gasteiger partial charge in [0.2, 0.25) is 5.91 Å². The van der Waals surface area contributed by atoms with Gasteiger partial charge in [0.15, 0.2) is 0 Å². The first-order chi connectivity index (χ1) is 15.4. The van der Waals surface area contributed by atoms with E-state index in [9.17, 15) is 13.2 Å². The number of hydrogen-bond donors (Lipinski definition) is 2. The third-order valence-electron chi connectivity index (χ3n) is 5.81. The fraction of sp³-hybridized carbons (Fsp3) is 0.391.